The number of aliphatic hydroxyl groups is 1. The highest BCUT2D eigenvalue weighted by atomic mass is 32.2. The summed E-state index contributed by atoms with van der Waals surface area (Å²) in [4.78, 5) is 12.9. The number of hydrogen-bond acceptors (Lipinski definition) is 4. The molecule has 0 aromatic heterocycles. The Hall–Kier alpha value is -0.620. The van der Waals surface area contributed by atoms with Crippen molar-refractivity contribution in [1.29, 1.82) is 0 Å². The second kappa shape index (κ2) is 5.45. The SMILES string of the molecule is CC[C@@]12C[C@@H]3C[C@@](O)(C1)C[C@@](C(=O)NCCS(=O)(=O)CC)(C3)C2. The Morgan fingerprint density at radius 2 is 1.91 bits per heavy atom. The van der Waals surface area contributed by atoms with Crippen molar-refractivity contribution < 1.29 is 18.3 Å². The molecule has 6 heteroatoms. The number of hydrogen-bond donors (Lipinski definition) is 2. The number of carbonyl (C=O) groups excluding carboxylic acids is 1. The van der Waals surface area contributed by atoms with Gasteiger partial charge in [-0.2, -0.15) is 0 Å². The molecule has 0 heterocycles. The number of amides is 1. The van der Waals surface area contributed by atoms with Crippen LogP contribution < -0.4 is 5.32 Å². The molecule has 4 aliphatic carbocycles. The summed E-state index contributed by atoms with van der Waals surface area (Å²) >= 11 is 0. The summed E-state index contributed by atoms with van der Waals surface area (Å²) in [6.45, 7) is 3.96. The summed E-state index contributed by atoms with van der Waals surface area (Å²) < 4.78 is 23.2. The standard InChI is InChI=1S/C17H29NO4S/c1-3-15-7-13-8-16(10-15,12-17(20,9-13)11-15)14(19)18-5-6-23(21,22)4-2/h13,20H,3-12H2,1-2H3,(H,18,19)/t13-,15-,16+,17+/m0/s1. The summed E-state index contributed by atoms with van der Waals surface area (Å²) in [6.07, 6.45) is 6.03. The van der Waals surface area contributed by atoms with Gasteiger partial charge in [0.25, 0.3) is 0 Å². The van der Waals surface area contributed by atoms with Crippen molar-refractivity contribution in [3.05, 3.63) is 0 Å². The largest absolute Gasteiger partial charge is 0.390 e. The van der Waals surface area contributed by atoms with E-state index in [0.717, 1.165) is 38.5 Å². The van der Waals surface area contributed by atoms with Crippen molar-refractivity contribution >= 4 is 15.7 Å². The highest BCUT2D eigenvalue weighted by Crippen LogP contribution is 2.67. The first-order valence-electron chi connectivity index (χ1n) is 8.87. The third-order valence-electron chi connectivity index (χ3n) is 6.52. The summed E-state index contributed by atoms with van der Waals surface area (Å²) in [5.74, 6) is 0.498. The predicted molar refractivity (Wildman–Crippen MR) is 88.6 cm³/mol. The Kier molecular flexibility index (Phi) is 4.08. The van der Waals surface area contributed by atoms with Crippen molar-refractivity contribution in [1.82, 2.24) is 5.32 Å². The van der Waals surface area contributed by atoms with E-state index in [0.29, 0.717) is 12.3 Å². The van der Waals surface area contributed by atoms with Gasteiger partial charge in [-0.05, 0) is 49.9 Å². The lowest BCUT2D eigenvalue weighted by atomic mass is 9.42. The zero-order valence-electron chi connectivity index (χ0n) is 14.2. The molecule has 4 atom stereocenters. The van der Waals surface area contributed by atoms with Crippen molar-refractivity contribution in [3.63, 3.8) is 0 Å². The predicted octanol–water partition coefficient (Wildman–Crippen LogP) is 1.65. The van der Waals surface area contributed by atoms with E-state index in [4.69, 9.17) is 0 Å². The summed E-state index contributed by atoms with van der Waals surface area (Å²) in [5.41, 5.74) is -1.08. The smallest absolute Gasteiger partial charge is 0.226 e. The van der Waals surface area contributed by atoms with Gasteiger partial charge in [0.05, 0.1) is 16.8 Å². The van der Waals surface area contributed by atoms with E-state index in [2.05, 4.69) is 12.2 Å². The number of carbonyl (C=O) groups is 1. The van der Waals surface area contributed by atoms with Gasteiger partial charge in [-0.1, -0.05) is 20.3 Å². The van der Waals surface area contributed by atoms with Gasteiger partial charge in [-0.25, -0.2) is 8.42 Å². The Morgan fingerprint density at radius 1 is 1.17 bits per heavy atom. The van der Waals surface area contributed by atoms with Crippen LogP contribution in [-0.4, -0.2) is 43.1 Å². The van der Waals surface area contributed by atoms with Crippen molar-refractivity contribution in [3.8, 4) is 0 Å². The molecule has 2 N–H and O–H groups in total. The van der Waals surface area contributed by atoms with E-state index < -0.39 is 20.9 Å². The molecule has 4 bridgehead atoms. The van der Waals surface area contributed by atoms with E-state index in [1.807, 2.05) is 0 Å². The number of nitrogens with one attached hydrogen (secondary N) is 1. The fraction of sp³-hybridized carbons (Fsp3) is 0.941. The molecule has 4 aliphatic rings. The lowest BCUT2D eigenvalue weighted by Crippen LogP contribution is -2.63. The minimum Gasteiger partial charge on any atom is -0.390 e. The molecule has 0 radical (unpaired) electrons. The average molecular weight is 343 g/mol. The molecule has 4 rings (SSSR count). The lowest BCUT2D eigenvalue weighted by molar-refractivity contribution is -0.204. The fourth-order valence-corrected chi connectivity index (χ4v) is 6.59. The molecule has 0 aromatic carbocycles. The Labute approximate surface area is 139 Å². The minimum atomic E-state index is -3.06. The maximum atomic E-state index is 12.9. The van der Waals surface area contributed by atoms with Crippen LogP contribution in [0.3, 0.4) is 0 Å². The summed E-state index contributed by atoms with van der Waals surface area (Å²) in [7, 11) is -3.06. The van der Waals surface area contributed by atoms with Gasteiger partial charge in [0.1, 0.15) is 0 Å². The number of rotatable bonds is 6. The van der Waals surface area contributed by atoms with Crippen LogP contribution in [0.1, 0.15) is 58.8 Å². The van der Waals surface area contributed by atoms with E-state index in [-0.39, 0.29) is 29.4 Å². The zero-order chi connectivity index (χ0) is 16.9. The van der Waals surface area contributed by atoms with Gasteiger partial charge in [0.2, 0.25) is 5.91 Å². The molecular weight excluding hydrogens is 314 g/mol. The molecule has 1 amide bonds. The normalized spacial score (nSPS) is 42.0. The molecule has 23 heavy (non-hydrogen) atoms. The third-order valence-corrected chi connectivity index (χ3v) is 8.23. The van der Waals surface area contributed by atoms with Gasteiger partial charge in [-0.3, -0.25) is 4.79 Å². The first-order valence-corrected chi connectivity index (χ1v) is 10.7. The van der Waals surface area contributed by atoms with Gasteiger partial charge >= 0.3 is 0 Å². The van der Waals surface area contributed by atoms with Crippen LogP contribution in [0.25, 0.3) is 0 Å². The Morgan fingerprint density at radius 3 is 2.52 bits per heavy atom. The first kappa shape index (κ1) is 17.2. The average Bonchev–Trinajstić information content (AvgIpc) is 2.44. The van der Waals surface area contributed by atoms with E-state index in [1.165, 1.54) is 0 Å². The zero-order valence-corrected chi connectivity index (χ0v) is 15.0. The molecule has 5 nitrogen and oxygen atoms in total. The van der Waals surface area contributed by atoms with E-state index in [1.54, 1.807) is 6.92 Å². The molecule has 0 aromatic rings. The number of sulfone groups is 1. The van der Waals surface area contributed by atoms with Crippen LogP contribution in [0.15, 0.2) is 0 Å². The van der Waals surface area contributed by atoms with Crippen LogP contribution in [0.5, 0.6) is 0 Å². The van der Waals surface area contributed by atoms with Crippen molar-refractivity contribution in [2.24, 2.45) is 16.7 Å². The molecular formula is C17H29NO4S. The summed E-state index contributed by atoms with van der Waals surface area (Å²) in [6, 6.07) is 0. The maximum Gasteiger partial charge on any atom is 0.226 e. The minimum absolute atomic E-state index is 0.00205. The first-order chi connectivity index (χ1) is 10.7. The highest BCUT2D eigenvalue weighted by Gasteiger charge is 2.64. The molecule has 0 aliphatic heterocycles. The van der Waals surface area contributed by atoms with Gasteiger partial charge in [-0.15, -0.1) is 0 Å². The summed E-state index contributed by atoms with van der Waals surface area (Å²) in [5, 5.41) is 13.8. The molecule has 0 unspecified atom stereocenters. The fourth-order valence-electron chi connectivity index (χ4n) is 5.88. The van der Waals surface area contributed by atoms with E-state index >= 15 is 0 Å². The third kappa shape index (κ3) is 3.04. The molecule has 0 saturated heterocycles. The maximum absolute atomic E-state index is 12.9. The van der Waals surface area contributed by atoms with Crippen LogP contribution in [0.2, 0.25) is 0 Å². The highest BCUT2D eigenvalue weighted by molar-refractivity contribution is 7.91. The van der Waals surface area contributed by atoms with Crippen LogP contribution in [0.4, 0.5) is 0 Å². The quantitative estimate of drug-likeness (QED) is 0.768. The molecule has 4 saturated carbocycles. The molecule has 0 spiro atoms. The Bertz CT molecular complexity index is 604. The second-order valence-electron chi connectivity index (χ2n) is 8.36. The van der Waals surface area contributed by atoms with Crippen molar-refractivity contribution in [2.45, 2.75) is 64.4 Å². The lowest BCUT2D eigenvalue weighted by Gasteiger charge is -2.64. The molecule has 4 fully saturated rings. The van der Waals surface area contributed by atoms with Crippen LogP contribution in [0, 0.1) is 16.7 Å². The van der Waals surface area contributed by atoms with Gasteiger partial charge < -0.3 is 10.4 Å². The molecule has 132 valence electrons. The van der Waals surface area contributed by atoms with Crippen LogP contribution >= 0.6 is 0 Å². The second-order valence-corrected chi connectivity index (χ2v) is 10.8. The topological polar surface area (TPSA) is 83.5 Å². The van der Waals surface area contributed by atoms with Crippen molar-refractivity contribution in [2.75, 3.05) is 18.1 Å². The Balaban J connectivity index is 1.73. The van der Waals surface area contributed by atoms with E-state index in [9.17, 15) is 18.3 Å². The monoisotopic (exact) mass is 343 g/mol. The van der Waals surface area contributed by atoms with Crippen LogP contribution in [-0.2, 0) is 14.6 Å². The van der Waals surface area contributed by atoms with Gasteiger partial charge in [0, 0.05) is 12.3 Å². The van der Waals surface area contributed by atoms with Gasteiger partial charge in [0.15, 0.2) is 9.84 Å².